The van der Waals surface area contributed by atoms with Gasteiger partial charge in [-0.3, -0.25) is 4.79 Å². The van der Waals surface area contributed by atoms with Gasteiger partial charge in [0.2, 0.25) is 5.91 Å². The first kappa shape index (κ1) is 16.9. The zero-order valence-electron chi connectivity index (χ0n) is 11.4. The fourth-order valence-electron chi connectivity index (χ4n) is 1.29. The normalized spacial score (nSPS) is 14.3. The molecule has 0 fully saturated rings. The van der Waals surface area contributed by atoms with E-state index in [-0.39, 0.29) is 5.92 Å². The van der Waals surface area contributed by atoms with Crippen molar-refractivity contribution in [1.82, 2.24) is 5.32 Å². The van der Waals surface area contributed by atoms with E-state index < -0.39 is 24.0 Å². The van der Waals surface area contributed by atoms with E-state index >= 15 is 0 Å². The van der Waals surface area contributed by atoms with Crippen molar-refractivity contribution in [2.24, 2.45) is 5.92 Å². The zero-order valence-corrected chi connectivity index (χ0v) is 11.4. The number of carbonyl (C=O) groups excluding carboxylic acids is 1. The van der Waals surface area contributed by atoms with Crippen molar-refractivity contribution in [3.63, 3.8) is 0 Å². The van der Waals surface area contributed by atoms with Gasteiger partial charge in [0.05, 0.1) is 13.2 Å². The molecule has 0 rings (SSSR count). The minimum atomic E-state index is -1.04. The lowest BCUT2D eigenvalue weighted by Crippen LogP contribution is -2.48. The number of aliphatic carboxylic acids is 1. The van der Waals surface area contributed by atoms with E-state index in [0.717, 1.165) is 0 Å². The third kappa shape index (κ3) is 6.56. The molecule has 2 N–H and O–H groups in total. The number of hydrogen-bond donors (Lipinski definition) is 2. The topological polar surface area (TPSA) is 84.9 Å². The quantitative estimate of drug-likeness (QED) is 0.595. The summed E-state index contributed by atoms with van der Waals surface area (Å²) in [5.74, 6) is -1.64. The van der Waals surface area contributed by atoms with Gasteiger partial charge in [0.1, 0.15) is 12.1 Å². The van der Waals surface area contributed by atoms with Crippen molar-refractivity contribution < 1.29 is 24.2 Å². The van der Waals surface area contributed by atoms with Crippen LogP contribution in [0.4, 0.5) is 0 Å². The van der Waals surface area contributed by atoms with Crippen LogP contribution in [0.25, 0.3) is 0 Å². The molecule has 0 aromatic rings. The second kappa shape index (κ2) is 8.88. The summed E-state index contributed by atoms with van der Waals surface area (Å²) >= 11 is 0. The summed E-state index contributed by atoms with van der Waals surface area (Å²) in [6, 6.07) is -0.893. The molecule has 0 saturated carbocycles. The summed E-state index contributed by atoms with van der Waals surface area (Å²) in [5.41, 5.74) is 0. The molecular formula is C12H23NO5. The van der Waals surface area contributed by atoms with E-state index in [1.807, 2.05) is 6.92 Å². The lowest BCUT2D eigenvalue weighted by molar-refractivity contribution is -0.145. The molecule has 0 heterocycles. The van der Waals surface area contributed by atoms with Crippen LogP contribution in [-0.2, 0) is 19.1 Å². The Hall–Kier alpha value is -1.14. The van der Waals surface area contributed by atoms with Crippen molar-refractivity contribution in [1.29, 1.82) is 0 Å². The number of rotatable bonds is 9. The van der Waals surface area contributed by atoms with Crippen LogP contribution in [0.15, 0.2) is 0 Å². The minimum Gasteiger partial charge on any atom is -0.480 e. The highest BCUT2D eigenvalue weighted by atomic mass is 16.5. The summed E-state index contributed by atoms with van der Waals surface area (Å²) in [6.07, 6.45) is -0.689. The van der Waals surface area contributed by atoms with Crippen molar-refractivity contribution in [2.75, 3.05) is 19.8 Å². The summed E-state index contributed by atoms with van der Waals surface area (Å²) < 4.78 is 10.3. The summed E-state index contributed by atoms with van der Waals surface area (Å²) in [5, 5.41) is 11.4. The van der Waals surface area contributed by atoms with Crippen LogP contribution in [0.3, 0.4) is 0 Å². The fraction of sp³-hybridized carbons (Fsp3) is 0.833. The molecule has 0 aromatic heterocycles. The van der Waals surface area contributed by atoms with Gasteiger partial charge in [-0.05, 0) is 19.8 Å². The molecule has 0 radical (unpaired) electrons. The second-order valence-electron chi connectivity index (χ2n) is 4.28. The molecule has 0 aromatic carbocycles. The smallest absolute Gasteiger partial charge is 0.326 e. The summed E-state index contributed by atoms with van der Waals surface area (Å²) in [4.78, 5) is 22.6. The first-order valence-corrected chi connectivity index (χ1v) is 6.12. The fourth-order valence-corrected chi connectivity index (χ4v) is 1.29. The van der Waals surface area contributed by atoms with Crippen LogP contribution in [0, 0.1) is 5.92 Å². The first-order valence-electron chi connectivity index (χ1n) is 6.12. The minimum absolute atomic E-state index is 0.179. The SMILES string of the molecule is CCOCCOC(C)C(=O)NC(C(=O)O)C(C)C. The second-order valence-corrected chi connectivity index (χ2v) is 4.28. The molecule has 18 heavy (non-hydrogen) atoms. The highest BCUT2D eigenvalue weighted by Gasteiger charge is 2.25. The molecule has 0 saturated heterocycles. The molecule has 0 spiro atoms. The van der Waals surface area contributed by atoms with Crippen LogP contribution in [0.5, 0.6) is 0 Å². The maximum atomic E-state index is 11.7. The Balaban J connectivity index is 4.09. The third-order valence-electron chi connectivity index (χ3n) is 2.40. The zero-order chi connectivity index (χ0) is 14.1. The Bertz CT molecular complexity index is 267. The van der Waals surface area contributed by atoms with Crippen molar-refractivity contribution in [3.05, 3.63) is 0 Å². The maximum absolute atomic E-state index is 11.7. The number of carboxylic acid groups (broad SMARTS) is 1. The predicted octanol–water partition coefficient (Wildman–Crippen LogP) is 0.653. The average Bonchev–Trinajstić information content (AvgIpc) is 2.30. The summed E-state index contributed by atoms with van der Waals surface area (Å²) in [7, 11) is 0. The molecule has 1 amide bonds. The van der Waals surface area contributed by atoms with Crippen molar-refractivity contribution in [3.8, 4) is 0 Å². The van der Waals surface area contributed by atoms with Gasteiger partial charge < -0.3 is 19.9 Å². The monoisotopic (exact) mass is 261 g/mol. The molecule has 0 aliphatic carbocycles. The van der Waals surface area contributed by atoms with Gasteiger partial charge in [-0.15, -0.1) is 0 Å². The Morgan fingerprint density at radius 3 is 2.28 bits per heavy atom. The van der Waals surface area contributed by atoms with E-state index in [0.29, 0.717) is 19.8 Å². The molecule has 106 valence electrons. The van der Waals surface area contributed by atoms with Crippen LogP contribution < -0.4 is 5.32 Å². The lowest BCUT2D eigenvalue weighted by Gasteiger charge is -2.20. The number of amides is 1. The number of hydrogen-bond acceptors (Lipinski definition) is 4. The van der Waals surface area contributed by atoms with E-state index in [9.17, 15) is 9.59 Å². The van der Waals surface area contributed by atoms with Gasteiger partial charge >= 0.3 is 5.97 Å². The van der Waals surface area contributed by atoms with Gasteiger partial charge in [-0.2, -0.15) is 0 Å². The van der Waals surface area contributed by atoms with E-state index in [1.54, 1.807) is 20.8 Å². The van der Waals surface area contributed by atoms with E-state index in [1.165, 1.54) is 0 Å². The molecule has 0 aliphatic rings. The Morgan fingerprint density at radius 1 is 1.22 bits per heavy atom. The van der Waals surface area contributed by atoms with Crippen LogP contribution in [0.1, 0.15) is 27.7 Å². The van der Waals surface area contributed by atoms with Crippen molar-refractivity contribution in [2.45, 2.75) is 39.8 Å². The molecule has 2 unspecified atom stereocenters. The van der Waals surface area contributed by atoms with Gasteiger partial charge in [-0.25, -0.2) is 4.79 Å². The Labute approximate surface area is 108 Å². The standard InChI is InChI=1S/C12H23NO5/c1-5-17-6-7-18-9(4)11(14)13-10(8(2)3)12(15)16/h8-10H,5-7H2,1-4H3,(H,13,14)(H,15,16). The van der Waals surface area contributed by atoms with Crippen molar-refractivity contribution >= 4 is 11.9 Å². The molecule has 2 atom stereocenters. The highest BCUT2D eigenvalue weighted by molar-refractivity contribution is 5.86. The van der Waals surface area contributed by atoms with Gasteiger partial charge in [0.15, 0.2) is 0 Å². The molecule has 6 nitrogen and oxygen atoms in total. The van der Waals surface area contributed by atoms with Gasteiger partial charge in [0, 0.05) is 6.61 Å². The number of ether oxygens (including phenoxy) is 2. The number of carbonyl (C=O) groups is 2. The number of carboxylic acids is 1. The van der Waals surface area contributed by atoms with Gasteiger partial charge in [-0.1, -0.05) is 13.8 Å². The Morgan fingerprint density at radius 2 is 1.83 bits per heavy atom. The highest BCUT2D eigenvalue weighted by Crippen LogP contribution is 2.03. The molecule has 0 aliphatic heterocycles. The van der Waals surface area contributed by atoms with Crippen LogP contribution in [-0.4, -0.2) is 48.9 Å². The predicted molar refractivity (Wildman–Crippen MR) is 66.3 cm³/mol. The van der Waals surface area contributed by atoms with Crippen LogP contribution in [0.2, 0.25) is 0 Å². The van der Waals surface area contributed by atoms with Gasteiger partial charge in [0.25, 0.3) is 0 Å². The lowest BCUT2D eigenvalue weighted by atomic mass is 10.0. The average molecular weight is 261 g/mol. The van der Waals surface area contributed by atoms with E-state index in [2.05, 4.69) is 5.32 Å². The van der Waals surface area contributed by atoms with E-state index in [4.69, 9.17) is 14.6 Å². The first-order chi connectivity index (χ1) is 8.40. The third-order valence-corrected chi connectivity index (χ3v) is 2.40. The molecule has 6 heteroatoms. The molecular weight excluding hydrogens is 238 g/mol. The van der Waals surface area contributed by atoms with Crippen LogP contribution >= 0.6 is 0 Å². The molecule has 0 bridgehead atoms. The Kier molecular flexibility index (Phi) is 8.32. The largest absolute Gasteiger partial charge is 0.480 e. The summed E-state index contributed by atoms with van der Waals surface area (Å²) in [6.45, 7) is 8.25. The number of nitrogens with one attached hydrogen (secondary N) is 1. The maximum Gasteiger partial charge on any atom is 0.326 e.